The fourth-order valence-corrected chi connectivity index (χ4v) is 4.15. The number of aryl methyl sites for hydroxylation is 2. The SMILES string of the molecule is CCSC1CCCC1NCc1c(C)nn(C)c1Cl. The Labute approximate surface area is 119 Å². The number of hydrogen-bond donors (Lipinski definition) is 1. The van der Waals surface area contributed by atoms with E-state index in [1.54, 1.807) is 4.68 Å². The van der Waals surface area contributed by atoms with E-state index in [0.717, 1.165) is 28.2 Å². The van der Waals surface area contributed by atoms with Crippen molar-refractivity contribution in [3.8, 4) is 0 Å². The molecule has 0 radical (unpaired) electrons. The van der Waals surface area contributed by atoms with Crippen molar-refractivity contribution in [1.29, 1.82) is 0 Å². The second-order valence-corrected chi connectivity index (χ2v) is 6.76. The third-order valence-corrected chi connectivity index (χ3v) is 5.44. The number of nitrogens with zero attached hydrogens (tertiary/aromatic N) is 2. The zero-order chi connectivity index (χ0) is 13.1. The summed E-state index contributed by atoms with van der Waals surface area (Å²) in [5.41, 5.74) is 2.18. The number of aromatic nitrogens is 2. The normalized spacial score (nSPS) is 23.8. The van der Waals surface area contributed by atoms with Gasteiger partial charge in [-0.05, 0) is 25.5 Å². The third-order valence-electron chi connectivity index (χ3n) is 3.64. The van der Waals surface area contributed by atoms with Crippen molar-refractivity contribution in [2.45, 2.75) is 50.9 Å². The summed E-state index contributed by atoms with van der Waals surface area (Å²) in [5.74, 6) is 1.20. The molecule has 0 amide bonds. The zero-order valence-electron chi connectivity index (χ0n) is 11.4. The van der Waals surface area contributed by atoms with Crippen LogP contribution in [0.5, 0.6) is 0 Å². The highest BCUT2D eigenvalue weighted by molar-refractivity contribution is 7.99. The summed E-state index contributed by atoms with van der Waals surface area (Å²) in [6, 6.07) is 0.630. The van der Waals surface area contributed by atoms with Gasteiger partial charge in [0, 0.05) is 30.4 Å². The summed E-state index contributed by atoms with van der Waals surface area (Å²) in [7, 11) is 1.89. The van der Waals surface area contributed by atoms with Gasteiger partial charge in [0.25, 0.3) is 0 Å². The maximum absolute atomic E-state index is 6.25. The molecule has 1 saturated carbocycles. The topological polar surface area (TPSA) is 29.9 Å². The third kappa shape index (κ3) is 3.03. The van der Waals surface area contributed by atoms with E-state index in [4.69, 9.17) is 11.6 Å². The predicted octanol–water partition coefficient (Wildman–Crippen LogP) is 3.15. The molecule has 2 unspecified atom stereocenters. The molecule has 3 nitrogen and oxygen atoms in total. The Hall–Kier alpha value is -0.190. The Kier molecular flexibility index (Phi) is 4.98. The second kappa shape index (κ2) is 6.31. The summed E-state index contributed by atoms with van der Waals surface area (Å²) in [6.07, 6.45) is 3.97. The summed E-state index contributed by atoms with van der Waals surface area (Å²) < 4.78 is 1.75. The molecular weight excluding hydrogens is 266 g/mol. The van der Waals surface area contributed by atoms with Gasteiger partial charge in [-0.25, -0.2) is 0 Å². The van der Waals surface area contributed by atoms with Gasteiger partial charge in [0.15, 0.2) is 0 Å². The van der Waals surface area contributed by atoms with Crippen molar-refractivity contribution < 1.29 is 0 Å². The molecule has 2 rings (SSSR count). The lowest BCUT2D eigenvalue weighted by molar-refractivity contribution is 0.531. The van der Waals surface area contributed by atoms with Crippen molar-refractivity contribution in [3.63, 3.8) is 0 Å². The van der Waals surface area contributed by atoms with Crippen LogP contribution < -0.4 is 5.32 Å². The summed E-state index contributed by atoms with van der Waals surface area (Å²) >= 11 is 8.33. The first kappa shape index (κ1) is 14.2. The van der Waals surface area contributed by atoms with Crippen LogP contribution in [0.2, 0.25) is 5.15 Å². The molecule has 1 aliphatic rings. The Morgan fingerprint density at radius 3 is 2.89 bits per heavy atom. The monoisotopic (exact) mass is 287 g/mol. The van der Waals surface area contributed by atoms with Gasteiger partial charge >= 0.3 is 0 Å². The van der Waals surface area contributed by atoms with E-state index in [-0.39, 0.29) is 0 Å². The smallest absolute Gasteiger partial charge is 0.131 e. The first-order valence-electron chi connectivity index (χ1n) is 6.66. The van der Waals surface area contributed by atoms with Crippen LogP contribution in [-0.2, 0) is 13.6 Å². The number of rotatable bonds is 5. The molecule has 102 valence electrons. The molecule has 18 heavy (non-hydrogen) atoms. The highest BCUT2D eigenvalue weighted by Crippen LogP contribution is 2.30. The molecule has 1 aromatic heterocycles. The Morgan fingerprint density at radius 2 is 2.28 bits per heavy atom. The second-order valence-electron chi connectivity index (χ2n) is 4.89. The highest BCUT2D eigenvalue weighted by atomic mass is 35.5. The van der Waals surface area contributed by atoms with Gasteiger partial charge in [-0.3, -0.25) is 4.68 Å². The van der Waals surface area contributed by atoms with Crippen LogP contribution in [0.15, 0.2) is 0 Å². The largest absolute Gasteiger partial charge is 0.309 e. The molecule has 1 heterocycles. The van der Waals surface area contributed by atoms with Crippen LogP contribution in [0, 0.1) is 6.92 Å². The molecule has 2 atom stereocenters. The molecule has 0 aromatic carbocycles. The van der Waals surface area contributed by atoms with Crippen molar-refractivity contribution in [1.82, 2.24) is 15.1 Å². The molecule has 0 bridgehead atoms. The van der Waals surface area contributed by atoms with Crippen molar-refractivity contribution in [2.75, 3.05) is 5.75 Å². The fourth-order valence-electron chi connectivity index (χ4n) is 2.68. The first-order valence-corrected chi connectivity index (χ1v) is 8.09. The van der Waals surface area contributed by atoms with Crippen LogP contribution >= 0.6 is 23.4 Å². The molecular formula is C13H22ClN3S. The molecule has 1 N–H and O–H groups in total. The van der Waals surface area contributed by atoms with E-state index in [0.29, 0.717) is 6.04 Å². The van der Waals surface area contributed by atoms with Crippen LogP contribution in [0.25, 0.3) is 0 Å². The molecule has 5 heteroatoms. The van der Waals surface area contributed by atoms with E-state index < -0.39 is 0 Å². The van der Waals surface area contributed by atoms with Crippen LogP contribution in [0.1, 0.15) is 37.4 Å². The van der Waals surface area contributed by atoms with Crippen molar-refractivity contribution in [2.24, 2.45) is 7.05 Å². The zero-order valence-corrected chi connectivity index (χ0v) is 12.9. The minimum absolute atomic E-state index is 0.630. The summed E-state index contributed by atoms with van der Waals surface area (Å²) in [6.45, 7) is 5.10. The minimum atomic E-state index is 0.630. The highest BCUT2D eigenvalue weighted by Gasteiger charge is 2.27. The maximum atomic E-state index is 6.25. The van der Waals surface area contributed by atoms with Gasteiger partial charge in [-0.2, -0.15) is 16.9 Å². The predicted molar refractivity (Wildman–Crippen MR) is 79.4 cm³/mol. The van der Waals surface area contributed by atoms with Gasteiger partial charge < -0.3 is 5.32 Å². The number of thioether (sulfide) groups is 1. The van der Waals surface area contributed by atoms with E-state index in [2.05, 4.69) is 29.1 Å². The number of hydrogen-bond acceptors (Lipinski definition) is 3. The molecule has 1 aromatic rings. The fraction of sp³-hybridized carbons (Fsp3) is 0.769. The molecule has 0 aliphatic heterocycles. The lowest BCUT2D eigenvalue weighted by atomic mass is 10.2. The average Bonchev–Trinajstić information content (AvgIpc) is 2.85. The number of halogens is 1. The number of nitrogens with one attached hydrogen (secondary N) is 1. The molecule has 0 saturated heterocycles. The van der Waals surface area contributed by atoms with Gasteiger partial charge in [0.05, 0.1) is 5.69 Å². The van der Waals surface area contributed by atoms with Crippen molar-refractivity contribution in [3.05, 3.63) is 16.4 Å². The van der Waals surface area contributed by atoms with Crippen molar-refractivity contribution >= 4 is 23.4 Å². The molecule has 1 aliphatic carbocycles. The van der Waals surface area contributed by atoms with Crippen LogP contribution in [0.4, 0.5) is 0 Å². The van der Waals surface area contributed by atoms with Gasteiger partial charge in [0.2, 0.25) is 0 Å². The summed E-state index contributed by atoms with van der Waals surface area (Å²) in [4.78, 5) is 0. The average molecular weight is 288 g/mol. The van der Waals surface area contributed by atoms with Gasteiger partial charge in [-0.15, -0.1) is 0 Å². The van der Waals surface area contributed by atoms with E-state index >= 15 is 0 Å². The van der Waals surface area contributed by atoms with Gasteiger partial charge in [-0.1, -0.05) is 24.9 Å². The molecule has 1 fully saturated rings. The van der Waals surface area contributed by atoms with Crippen LogP contribution in [-0.4, -0.2) is 26.8 Å². The Morgan fingerprint density at radius 1 is 1.50 bits per heavy atom. The summed E-state index contributed by atoms with van der Waals surface area (Å²) in [5, 5.41) is 9.55. The lowest BCUT2D eigenvalue weighted by Gasteiger charge is -2.20. The van der Waals surface area contributed by atoms with E-state index in [1.807, 2.05) is 14.0 Å². The minimum Gasteiger partial charge on any atom is -0.309 e. The van der Waals surface area contributed by atoms with E-state index in [1.165, 1.54) is 25.0 Å². The Balaban J connectivity index is 1.94. The van der Waals surface area contributed by atoms with Crippen LogP contribution in [0.3, 0.4) is 0 Å². The molecule has 0 spiro atoms. The first-order chi connectivity index (χ1) is 8.63. The Bertz CT molecular complexity index is 405. The quantitative estimate of drug-likeness (QED) is 0.902. The van der Waals surface area contributed by atoms with E-state index in [9.17, 15) is 0 Å². The lowest BCUT2D eigenvalue weighted by Crippen LogP contribution is -2.33. The van der Waals surface area contributed by atoms with Gasteiger partial charge in [0.1, 0.15) is 5.15 Å². The standard InChI is InChI=1S/C13H22ClN3S/c1-4-18-12-7-5-6-11(12)15-8-10-9(2)16-17(3)13(10)14/h11-12,15H,4-8H2,1-3H3. The maximum Gasteiger partial charge on any atom is 0.131 e.